The Kier molecular flexibility index (Phi) is 9.22. The molecule has 0 unspecified atom stereocenters. The highest BCUT2D eigenvalue weighted by Crippen LogP contribution is 2.27. The lowest BCUT2D eigenvalue weighted by Crippen LogP contribution is -2.25. The molecule has 3 N–H and O–H groups in total. The number of aryl methyl sites for hydroxylation is 1. The Labute approximate surface area is 239 Å². The van der Waals surface area contributed by atoms with Crippen LogP contribution in [0.5, 0.6) is 0 Å². The molecule has 5 rings (SSSR count). The maximum Gasteiger partial charge on any atom is 0.368 e. The molecule has 1 atom stereocenters. The third-order valence-corrected chi connectivity index (χ3v) is 8.86. The van der Waals surface area contributed by atoms with E-state index in [2.05, 4.69) is 25.4 Å². The lowest BCUT2D eigenvalue weighted by atomic mass is 10.0. The molecule has 0 amide bonds. The van der Waals surface area contributed by atoms with E-state index in [0.717, 1.165) is 24.0 Å². The first-order valence-electron chi connectivity index (χ1n) is 13.9. The fraction of sp³-hybridized carbons (Fsp3) is 0.379. The molecule has 1 saturated carbocycles. The third kappa shape index (κ3) is 7.46. The van der Waals surface area contributed by atoms with Gasteiger partial charge in [0.25, 0.3) is 10.0 Å². The van der Waals surface area contributed by atoms with Crippen molar-refractivity contribution in [3.8, 4) is 5.69 Å². The minimum absolute atomic E-state index is 0.0726. The van der Waals surface area contributed by atoms with E-state index in [4.69, 9.17) is 0 Å². The number of sulfonamides is 1. The summed E-state index contributed by atoms with van der Waals surface area (Å²) in [4.78, 5) is 16.8. The Morgan fingerprint density at radius 2 is 1.76 bits per heavy atom. The summed E-state index contributed by atoms with van der Waals surface area (Å²) >= 11 is 0. The predicted molar refractivity (Wildman–Crippen MR) is 155 cm³/mol. The number of tetrazole rings is 1. The number of benzene rings is 2. The number of nitrogens with one attached hydrogen (secondary N) is 2. The second-order valence-corrected chi connectivity index (χ2v) is 12.1. The number of anilines is 1. The molecule has 2 heterocycles. The summed E-state index contributed by atoms with van der Waals surface area (Å²) in [6.07, 6.45) is 9.22. The van der Waals surface area contributed by atoms with E-state index in [0.29, 0.717) is 36.9 Å². The van der Waals surface area contributed by atoms with Gasteiger partial charge in [0.1, 0.15) is 0 Å². The molecule has 2 aromatic carbocycles. The number of aliphatic hydroxyl groups excluding tert-OH is 1. The van der Waals surface area contributed by atoms with Gasteiger partial charge in [0.15, 0.2) is 0 Å². The highest BCUT2D eigenvalue weighted by atomic mass is 32.2. The topological polar surface area (TPSA) is 144 Å². The molecule has 2 aromatic heterocycles. The number of pyridine rings is 1. The fourth-order valence-electron chi connectivity index (χ4n) is 5.06. The van der Waals surface area contributed by atoms with Crippen molar-refractivity contribution in [2.24, 2.45) is 5.92 Å². The summed E-state index contributed by atoms with van der Waals surface area (Å²) in [6.45, 7) is 1.60. The Bertz CT molecular complexity index is 1560. The summed E-state index contributed by atoms with van der Waals surface area (Å²) in [5.74, 6) is 0.639. The van der Waals surface area contributed by atoms with Crippen LogP contribution in [-0.4, -0.2) is 51.4 Å². The molecule has 0 saturated heterocycles. The van der Waals surface area contributed by atoms with E-state index in [1.165, 1.54) is 47.2 Å². The number of rotatable bonds is 13. The number of hydrogen-bond donors (Lipinski definition) is 3. The summed E-state index contributed by atoms with van der Waals surface area (Å²) < 4.78 is 31.1. The Morgan fingerprint density at radius 3 is 2.46 bits per heavy atom. The summed E-state index contributed by atoms with van der Waals surface area (Å²) in [6, 6.07) is 16.8. The first-order chi connectivity index (χ1) is 19.9. The SMILES string of the molecule is O=c1n(CCC2CCCC2)nnn1-c1ccc(S(=O)(=O)Nc2ccc(CCNC[C@H](O)c3cccnc3)cc2)cc1. The molecular weight excluding hydrogens is 542 g/mol. The molecule has 0 radical (unpaired) electrons. The van der Waals surface area contributed by atoms with Gasteiger partial charge in [0.05, 0.1) is 16.7 Å². The quantitative estimate of drug-likeness (QED) is 0.206. The van der Waals surface area contributed by atoms with Crippen molar-refractivity contribution in [3.63, 3.8) is 0 Å². The van der Waals surface area contributed by atoms with Crippen molar-refractivity contribution in [1.82, 2.24) is 30.1 Å². The zero-order chi connectivity index (χ0) is 28.7. The van der Waals surface area contributed by atoms with Crippen molar-refractivity contribution in [2.45, 2.75) is 56.1 Å². The average Bonchev–Trinajstić information content (AvgIpc) is 3.65. The Hall–Kier alpha value is -3.87. The molecule has 41 heavy (non-hydrogen) atoms. The highest BCUT2D eigenvalue weighted by Gasteiger charge is 2.18. The lowest BCUT2D eigenvalue weighted by Gasteiger charge is -2.12. The second kappa shape index (κ2) is 13.2. The largest absolute Gasteiger partial charge is 0.387 e. The predicted octanol–water partition coefficient (Wildman–Crippen LogP) is 3.07. The van der Waals surface area contributed by atoms with Crippen molar-refractivity contribution >= 4 is 15.7 Å². The van der Waals surface area contributed by atoms with Crippen LogP contribution in [0.4, 0.5) is 5.69 Å². The van der Waals surface area contributed by atoms with Crippen molar-refractivity contribution in [2.75, 3.05) is 17.8 Å². The monoisotopic (exact) mass is 577 g/mol. The molecule has 0 spiro atoms. The fourth-order valence-corrected chi connectivity index (χ4v) is 6.12. The van der Waals surface area contributed by atoms with Crippen LogP contribution in [-0.2, 0) is 23.0 Å². The van der Waals surface area contributed by atoms with Crippen LogP contribution in [0.2, 0.25) is 0 Å². The smallest absolute Gasteiger partial charge is 0.368 e. The van der Waals surface area contributed by atoms with Gasteiger partial charge in [0, 0.05) is 36.7 Å². The number of aromatic nitrogens is 5. The van der Waals surface area contributed by atoms with Gasteiger partial charge >= 0.3 is 5.69 Å². The molecule has 0 bridgehead atoms. The Balaban J connectivity index is 1.12. The van der Waals surface area contributed by atoms with Crippen molar-refractivity contribution in [3.05, 3.63) is 94.7 Å². The normalized spacial score (nSPS) is 14.8. The molecule has 11 nitrogen and oxygen atoms in total. The number of hydrogen-bond acceptors (Lipinski definition) is 8. The zero-order valence-electron chi connectivity index (χ0n) is 22.8. The van der Waals surface area contributed by atoms with Crippen LogP contribution >= 0.6 is 0 Å². The molecule has 4 aromatic rings. The maximum atomic E-state index is 13.0. The van der Waals surface area contributed by atoms with Gasteiger partial charge in [-0.25, -0.2) is 13.2 Å². The summed E-state index contributed by atoms with van der Waals surface area (Å²) in [7, 11) is -3.83. The summed E-state index contributed by atoms with van der Waals surface area (Å²) in [5, 5.41) is 21.4. The first kappa shape index (κ1) is 28.7. The highest BCUT2D eigenvalue weighted by molar-refractivity contribution is 7.92. The van der Waals surface area contributed by atoms with Crippen LogP contribution in [0.1, 0.15) is 49.3 Å². The minimum atomic E-state index is -3.83. The van der Waals surface area contributed by atoms with Crippen LogP contribution < -0.4 is 15.7 Å². The molecule has 216 valence electrons. The van der Waals surface area contributed by atoms with E-state index < -0.39 is 16.1 Å². The van der Waals surface area contributed by atoms with Gasteiger partial charge in [-0.15, -0.1) is 0 Å². The zero-order valence-corrected chi connectivity index (χ0v) is 23.6. The Morgan fingerprint density at radius 1 is 1.00 bits per heavy atom. The van der Waals surface area contributed by atoms with E-state index in [1.807, 2.05) is 18.2 Å². The molecule has 1 aliphatic rings. The van der Waals surface area contributed by atoms with Crippen LogP contribution in [0, 0.1) is 5.92 Å². The van der Waals surface area contributed by atoms with Gasteiger partial charge in [-0.2, -0.15) is 9.36 Å². The van der Waals surface area contributed by atoms with Gasteiger partial charge in [-0.3, -0.25) is 9.71 Å². The maximum absolute atomic E-state index is 13.0. The van der Waals surface area contributed by atoms with Gasteiger partial charge < -0.3 is 10.4 Å². The third-order valence-electron chi connectivity index (χ3n) is 7.46. The second-order valence-electron chi connectivity index (χ2n) is 10.4. The molecule has 1 fully saturated rings. The van der Waals surface area contributed by atoms with Crippen LogP contribution in [0.25, 0.3) is 5.69 Å². The van der Waals surface area contributed by atoms with Gasteiger partial charge in [0.2, 0.25) is 0 Å². The number of nitrogens with zero attached hydrogens (tertiary/aromatic N) is 5. The molecule has 0 aliphatic heterocycles. The first-order valence-corrected chi connectivity index (χ1v) is 15.4. The minimum Gasteiger partial charge on any atom is -0.387 e. The van der Waals surface area contributed by atoms with Crippen molar-refractivity contribution < 1.29 is 13.5 Å². The van der Waals surface area contributed by atoms with Gasteiger partial charge in [-0.05, 0) is 83.8 Å². The van der Waals surface area contributed by atoms with Gasteiger partial charge in [-0.1, -0.05) is 43.9 Å². The molecule has 12 heteroatoms. The molecular formula is C29H35N7O4S. The van der Waals surface area contributed by atoms with Crippen molar-refractivity contribution in [1.29, 1.82) is 0 Å². The molecule has 1 aliphatic carbocycles. The lowest BCUT2D eigenvalue weighted by molar-refractivity contribution is 0.174. The van der Waals surface area contributed by atoms with E-state index >= 15 is 0 Å². The van der Waals surface area contributed by atoms with E-state index in [9.17, 15) is 18.3 Å². The summed E-state index contributed by atoms with van der Waals surface area (Å²) in [5.41, 5.74) is 2.35. The standard InChI is InChI=1S/C29H35N7O4S/c37-28(24-6-3-17-30-20-24)21-31-18-15-23-7-9-25(10-8-23)32-41(39,40)27-13-11-26(12-14-27)36-29(38)35(33-34-36)19-16-22-4-1-2-5-22/h3,6-14,17,20,22,28,31-32,37H,1-2,4-5,15-16,18-19,21H2/t28-/m0/s1. The van der Waals surface area contributed by atoms with Crippen LogP contribution in [0.15, 0.2) is 82.7 Å². The van der Waals surface area contributed by atoms with Crippen LogP contribution in [0.3, 0.4) is 0 Å². The van der Waals surface area contributed by atoms with E-state index in [1.54, 1.807) is 42.7 Å². The van der Waals surface area contributed by atoms with E-state index in [-0.39, 0.29) is 10.6 Å². The average molecular weight is 578 g/mol. The number of aliphatic hydroxyl groups is 1.